The summed E-state index contributed by atoms with van der Waals surface area (Å²) in [4.78, 5) is -0.113. The second kappa shape index (κ2) is 7.30. The van der Waals surface area contributed by atoms with E-state index in [1.54, 1.807) is 19.1 Å². The number of anilines is 1. The van der Waals surface area contributed by atoms with Gasteiger partial charge in [0.2, 0.25) is 0 Å². The van der Waals surface area contributed by atoms with Crippen molar-refractivity contribution in [2.75, 3.05) is 11.5 Å². The van der Waals surface area contributed by atoms with Crippen LogP contribution in [0.4, 0.5) is 17.1 Å². The van der Waals surface area contributed by atoms with Crippen LogP contribution in [0.3, 0.4) is 0 Å². The van der Waals surface area contributed by atoms with Gasteiger partial charge in [-0.2, -0.15) is 13.5 Å². The molecule has 0 unspecified atom stereocenters. The summed E-state index contributed by atoms with van der Waals surface area (Å²) >= 11 is 0. The number of azo groups is 1. The molecule has 0 aliphatic heterocycles. The van der Waals surface area contributed by atoms with E-state index in [1.807, 2.05) is 0 Å². The Morgan fingerprint density at radius 3 is 2.21 bits per heavy atom. The van der Waals surface area contributed by atoms with Crippen molar-refractivity contribution in [2.24, 2.45) is 10.2 Å². The first kappa shape index (κ1) is 19.9. The standard InChI is InChI=1S/C18H17N3O5S2/c1-2-27(22,23)13-8-6-12(7-9-13)20-21-16-11-10-15(19)18-14(16)4-3-5-17(18)28(24,25)26/h3-11H,2,19H2,1H3,(H,24,25,26)/b21-20+. The molecule has 146 valence electrons. The van der Waals surface area contributed by atoms with E-state index in [0.717, 1.165) is 0 Å². The predicted molar refractivity (Wildman–Crippen MR) is 107 cm³/mol. The molecule has 0 aliphatic rings. The van der Waals surface area contributed by atoms with Gasteiger partial charge in [0.05, 0.1) is 22.0 Å². The number of sulfone groups is 1. The summed E-state index contributed by atoms with van der Waals surface area (Å²) in [5.41, 5.74) is 6.84. The Kier molecular flexibility index (Phi) is 5.20. The maximum absolute atomic E-state index is 11.8. The zero-order valence-electron chi connectivity index (χ0n) is 14.8. The van der Waals surface area contributed by atoms with E-state index in [9.17, 15) is 21.4 Å². The molecular formula is C18H17N3O5S2. The third-order valence-electron chi connectivity index (χ3n) is 4.14. The first-order valence-electron chi connectivity index (χ1n) is 8.17. The van der Waals surface area contributed by atoms with E-state index >= 15 is 0 Å². The molecule has 0 atom stereocenters. The lowest BCUT2D eigenvalue weighted by atomic mass is 10.1. The molecule has 3 aromatic carbocycles. The molecule has 0 amide bonds. The molecule has 8 nitrogen and oxygen atoms in total. The van der Waals surface area contributed by atoms with E-state index in [1.165, 1.54) is 42.5 Å². The molecule has 0 bridgehead atoms. The van der Waals surface area contributed by atoms with Gasteiger partial charge in [-0.1, -0.05) is 19.1 Å². The minimum Gasteiger partial charge on any atom is -0.398 e. The Hall–Kier alpha value is -2.82. The second-order valence-electron chi connectivity index (χ2n) is 5.93. The highest BCUT2D eigenvalue weighted by Gasteiger charge is 2.17. The molecule has 0 saturated heterocycles. The van der Waals surface area contributed by atoms with Crippen molar-refractivity contribution >= 4 is 47.8 Å². The van der Waals surface area contributed by atoms with Crippen LogP contribution in [0.5, 0.6) is 0 Å². The van der Waals surface area contributed by atoms with E-state index < -0.39 is 20.0 Å². The van der Waals surface area contributed by atoms with Crippen molar-refractivity contribution in [3.8, 4) is 0 Å². The maximum atomic E-state index is 11.8. The lowest BCUT2D eigenvalue weighted by molar-refractivity contribution is 0.484. The number of nitrogens with two attached hydrogens (primary N) is 1. The SMILES string of the molecule is CCS(=O)(=O)c1ccc(/N=N/c2ccc(N)c3c(S(=O)(=O)O)cccc23)cc1. The van der Waals surface area contributed by atoms with E-state index in [0.29, 0.717) is 16.8 Å². The van der Waals surface area contributed by atoms with Crippen LogP contribution in [-0.2, 0) is 20.0 Å². The number of nitrogen functional groups attached to an aromatic ring is 1. The molecular weight excluding hydrogens is 402 g/mol. The molecule has 0 heterocycles. The Morgan fingerprint density at radius 2 is 1.61 bits per heavy atom. The van der Waals surface area contributed by atoms with Gasteiger partial charge in [0.15, 0.2) is 9.84 Å². The molecule has 3 N–H and O–H groups in total. The van der Waals surface area contributed by atoms with Gasteiger partial charge in [-0.3, -0.25) is 4.55 Å². The van der Waals surface area contributed by atoms with Gasteiger partial charge in [0.1, 0.15) is 4.90 Å². The van der Waals surface area contributed by atoms with Gasteiger partial charge >= 0.3 is 0 Å². The number of benzene rings is 3. The molecule has 0 aromatic heterocycles. The summed E-state index contributed by atoms with van der Waals surface area (Å²) in [6.45, 7) is 1.57. The quantitative estimate of drug-likeness (QED) is 0.365. The molecule has 3 aromatic rings. The average molecular weight is 419 g/mol. The van der Waals surface area contributed by atoms with Gasteiger partial charge in [-0.05, 0) is 42.5 Å². The fraction of sp³-hybridized carbons (Fsp3) is 0.111. The van der Waals surface area contributed by atoms with Crippen LogP contribution in [0.25, 0.3) is 10.8 Å². The minimum absolute atomic E-state index is 0.00138. The fourth-order valence-electron chi connectivity index (χ4n) is 2.68. The van der Waals surface area contributed by atoms with Crippen LogP contribution >= 0.6 is 0 Å². The molecule has 3 rings (SSSR count). The Balaban J connectivity index is 2.05. The van der Waals surface area contributed by atoms with Crippen molar-refractivity contribution in [3.63, 3.8) is 0 Å². The zero-order valence-corrected chi connectivity index (χ0v) is 16.4. The molecule has 0 fully saturated rings. The van der Waals surface area contributed by atoms with E-state index in [2.05, 4.69) is 10.2 Å². The monoisotopic (exact) mass is 419 g/mol. The maximum Gasteiger partial charge on any atom is 0.295 e. The van der Waals surface area contributed by atoms with Gasteiger partial charge in [-0.25, -0.2) is 8.42 Å². The molecule has 28 heavy (non-hydrogen) atoms. The molecule has 0 saturated carbocycles. The number of rotatable bonds is 5. The number of hydrogen-bond donors (Lipinski definition) is 2. The Bertz CT molecular complexity index is 1280. The highest BCUT2D eigenvalue weighted by atomic mass is 32.2. The van der Waals surface area contributed by atoms with Crippen LogP contribution in [0.15, 0.2) is 74.6 Å². The van der Waals surface area contributed by atoms with Crippen molar-refractivity contribution in [2.45, 2.75) is 16.7 Å². The van der Waals surface area contributed by atoms with Crippen molar-refractivity contribution in [1.82, 2.24) is 0 Å². The highest BCUT2D eigenvalue weighted by Crippen LogP contribution is 2.35. The predicted octanol–water partition coefficient (Wildman–Crippen LogP) is 3.88. The number of hydrogen-bond acceptors (Lipinski definition) is 7. The van der Waals surface area contributed by atoms with Crippen LogP contribution in [0.1, 0.15) is 6.92 Å². The van der Waals surface area contributed by atoms with E-state index in [4.69, 9.17) is 5.73 Å². The molecule has 0 aliphatic carbocycles. The summed E-state index contributed by atoms with van der Waals surface area (Å²) in [5, 5.41) is 8.76. The van der Waals surface area contributed by atoms with Gasteiger partial charge in [0.25, 0.3) is 10.1 Å². The highest BCUT2D eigenvalue weighted by molar-refractivity contribution is 7.91. The summed E-state index contributed by atoms with van der Waals surface area (Å²) < 4.78 is 56.4. The Labute approximate surface area is 162 Å². The topological polar surface area (TPSA) is 139 Å². The van der Waals surface area contributed by atoms with Gasteiger partial charge < -0.3 is 5.73 Å². The van der Waals surface area contributed by atoms with Gasteiger partial charge in [-0.15, -0.1) is 5.11 Å². The van der Waals surface area contributed by atoms with Crippen molar-refractivity contribution < 1.29 is 21.4 Å². The smallest absolute Gasteiger partial charge is 0.295 e. The van der Waals surface area contributed by atoms with Crippen LogP contribution < -0.4 is 5.73 Å². The van der Waals surface area contributed by atoms with Crippen LogP contribution in [0.2, 0.25) is 0 Å². The fourth-order valence-corrected chi connectivity index (χ4v) is 4.31. The summed E-state index contributed by atoms with van der Waals surface area (Å²) in [6.07, 6.45) is 0. The van der Waals surface area contributed by atoms with Crippen LogP contribution in [-0.4, -0.2) is 27.1 Å². The molecule has 0 spiro atoms. The minimum atomic E-state index is -4.47. The largest absolute Gasteiger partial charge is 0.398 e. The molecule has 0 radical (unpaired) electrons. The van der Waals surface area contributed by atoms with Gasteiger partial charge in [0, 0.05) is 16.5 Å². The summed E-state index contributed by atoms with van der Waals surface area (Å²) in [7, 11) is -7.77. The molecule has 10 heteroatoms. The van der Waals surface area contributed by atoms with Crippen molar-refractivity contribution in [1.29, 1.82) is 0 Å². The average Bonchev–Trinajstić information content (AvgIpc) is 2.67. The normalized spacial score (nSPS) is 12.6. The number of fused-ring (bicyclic) bond motifs is 1. The van der Waals surface area contributed by atoms with Crippen LogP contribution in [0, 0.1) is 0 Å². The number of nitrogens with zero attached hydrogens (tertiary/aromatic N) is 2. The Morgan fingerprint density at radius 1 is 0.929 bits per heavy atom. The van der Waals surface area contributed by atoms with E-state index in [-0.39, 0.29) is 26.6 Å². The first-order valence-corrected chi connectivity index (χ1v) is 11.3. The third-order valence-corrected chi connectivity index (χ3v) is 6.79. The first-order chi connectivity index (χ1) is 13.1. The summed E-state index contributed by atoms with van der Waals surface area (Å²) in [5.74, 6) is 0.00138. The van der Waals surface area contributed by atoms with Crippen molar-refractivity contribution in [3.05, 3.63) is 54.6 Å². The summed E-state index contributed by atoms with van der Waals surface area (Å²) in [6, 6.07) is 13.3. The lowest BCUT2D eigenvalue weighted by Crippen LogP contribution is -2.02. The second-order valence-corrected chi connectivity index (χ2v) is 9.59. The zero-order chi connectivity index (χ0) is 20.5. The lowest BCUT2D eigenvalue weighted by Gasteiger charge is -2.08. The third kappa shape index (κ3) is 3.88.